The summed E-state index contributed by atoms with van der Waals surface area (Å²) in [5.74, 6) is 0. The van der Waals surface area contributed by atoms with E-state index >= 15 is 0 Å². The molecule has 2 nitrogen and oxygen atoms in total. The van der Waals surface area contributed by atoms with E-state index in [4.69, 9.17) is 9.31 Å². The van der Waals surface area contributed by atoms with E-state index in [1.807, 2.05) is 0 Å². The van der Waals surface area contributed by atoms with Crippen LogP contribution in [0.3, 0.4) is 0 Å². The Morgan fingerprint density at radius 1 is 0.397 bits per heavy atom. The maximum atomic E-state index is 6.38. The lowest BCUT2D eigenvalue weighted by molar-refractivity contribution is 0.00578. The fourth-order valence-electron chi connectivity index (χ4n) is 10.5. The summed E-state index contributed by atoms with van der Waals surface area (Å²) in [6.45, 7) is 22.1. The van der Waals surface area contributed by atoms with Gasteiger partial charge in [-0.3, -0.25) is 0 Å². The molecule has 1 aliphatic rings. The molecule has 1 aliphatic heterocycles. The number of rotatable bonds is 2. The molecule has 73 heavy (non-hydrogen) atoms. The van der Waals surface area contributed by atoms with Gasteiger partial charge in [-0.25, -0.2) is 0 Å². The number of fused-ring (bicyclic) bond motifs is 2. The van der Waals surface area contributed by atoms with Crippen LogP contribution in [0.1, 0.15) is 87.8 Å². The Bertz CT molecular complexity index is 3970. The van der Waals surface area contributed by atoms with Gasteiger partial charge in [0.1, 0.15) is 0 Å². The molecule has 0 N–H and O–H groups in total. The molecule has 12 aromatic rings. The quantitative estimate of drug-likeness (QED) is 0.0976. The number of benzene rings is 12. The van der Waals surface area contributed by atoms with Crippen molar-refractivity contribution in [1.82, 2.24) is 0 Å². The van der Waals surface area contributed by atoms with Crippen LogP contribution in [0.25, 0.3) is 97.3 Å². The lowest BCUT2D eigenvalue weighted by atomic mass is 9.74. The molecular formula is C67H62BBr2IO2. The van der Waals surface area contributed by atoms with E-state index in [2.05, 4.69) is 294 Å². The SMILES string of the molecule is Brc1ccc2cc(I)ccc2c1.C.CC(C)(C)c1cc2ccc3ccc(-c4ccc5cc(Br)ccc5c4)c4ccc(c1)c2c34.CC(C)(C)c1cc2ccc3ccc(B4OC(C)(C)C(C)(C)O4)c4ccc(c1)c2c34. The van der Waals surface area contributed by atoms with Crippen LogP contribution < -0.4 is 5.46 Å². The van der Waals surface area contributed by atoms with Gasteiger partial charge in [-0.05, 0) is 217 Å². The fraction of sp³-hybridized carbons (Fsp3) is 0.224. The van der Waals surface area contributed by atoms with Gasteiger partial charge in [-0.1, -0.05) is 208 Å². The van der Waals surface area contributed by atoms with Crippen LogP contribution in [-0.2, 0) is 20.1 Å². The molecule has 0 aromatic heterocycles. The highest BCUT2D eigenvalue weighted by Crippen LogP contribution is 2.43. The van der Waals surface area contributed by atoms with Crippen molar-refractivity contribution in [1.29, 1.82) is 0 Å². The van der Waals surface area contributed by atoms with Gasteiger partial charge < -0.3 is 9.31 Å². The van der Waals surface area contributed by atoms with Gasteiger partial charge in [0.25, 0.3) is 0 Å². The standard InChI is InChI=1S/C30H23Br.C26H29BO2.C10H6BrI.CH4/c1-30(2,3)24-15-22-7-4-18-9-12-26(27-13-10-23(16-24)28(22)29(18)27)21-6-5-20-17-25(31)11-8-19(20)14-21;1-24(2,3)19-14-17-9-8-16-11-13-21(27-28-25(4,5)26(6,7)29-27)20-12-10-18(15-19)22(17)23(16)20;11-9-3-1-8-6-10(12)4-2-7(8)5-9;/h4-17H,1-3H3;8-15H,1-7H3;1-6H;1H4. The number of hydrogen-bond donors (Lipinski definition) is 0. The van der Waals surface area contributed by atoms with E-state index in [0.29, 0.717) is 0 Å². The minimum atomic E-state index is -0.352. The zero-order valence-electron chi connectivity index (χ0n) is 42.7. The summed E-state index contributed by atoms with van der Waals surface area (Å²) >= 11 is 9.36. The summed E-state index contributed by atoms with van der Waals surface area (Å²) in [4.78, 5) is 0. The molecule has 1 saturated heterocycles. The average Bonchev–Trinajstić information content (AvgIpc) is 3.56. The summed E-state index contributed by atoms with van der Waals surface area (Å²) < 4.78 is 16.3. The van der Waals surface area contributed by atoms with Gasteiger partial charge >= 0.3 is 7.12 Å². The van der Waals surface area contributed by atoms with Gasteiger partial charge in [0.15, 0.2) is 0 Å². The van der Waals surface area contributed by atoms with Crippen molar-refractivity contribution in [3.05, 3.63) is 194 Å². The summed E-state index contributed by atoms with van der Waals surface area (Å²) in [7, 11) is -0.352. The van der Waals surface area contributed by atoms with Crippen LogP contribution in [0, 0.1) is 3.57 Å². The van der Waals surface area contributed by atoms with Crippen LogP contribution in [0.2, 0.25) is 0 Å². The van der Waals surface area contributed by atoms with Crippen molar-refractivity contribution in [2.75, 3.05) is 0 Å². The molecule has 0 radical (unpaired) electrons. The molecular weight excluding hydrogens is 1130 g/mol. The van der Waals surface area contributed by atoms with Gasteiger partial charge in [0.05, 0.1) is 11.2 Å². The number of halogens is 3. The third-order valence-corrected chi connectivity index (χ3v) is 17.0. The first-order valence-corrected chi connectivity index (χ1v) is 27.6. The Hall–Kier alpha value is -5.09. The summed E-state index contributed by atoms with van der Waals surface area (Å²) in [5.41, 5.74) is 6.01. The Balaban J connectivity index is 0.000000136. The summed E-state index contributed by atoms with van der Waals surface area (Å²) in [6, 6.07) is 62.6. The molecule has 6 heteroatoms. The third-order valence-electron chi connectivity index (χ3n) is 15.3. The highest BCUT2D eigenvalue weighted by Gasteiger charge is 2.52. The van der Waals surface area contributed by atoms with Crippen molar-refractivity contribution in [3.8, 4) is 11.1 Å². The maximum absolute atomic E-state index is 6.38. The second-order valence-corrected chi connectivity index (χ2v) is 25.9. The summed E-state index contributed by atoms with van der Waals surface area (Å²) in [6.07, 6.45) is 0. The highest BCUT2D eigenvalue weighted by atomic mass is 127. The first kappa shape index (κ1) is 51.4. The first-order chi connectivity index (χ1) is 34.1. The molecule has 0 saturated carbocycles. The normalized spacial score (nSPS) is 14.6. The van der Waals surface area contributed by atoms with E-state index in [1.54, 1.807) is 0 Å². The van der Waals surface area contributed by atoms with Gasteiger partial charge in [0, 0.05) is 12.5 Å². The van der Waals surface area contributed by atoms with Gasteiger partial charge in [-0.2, -0.15) is 0 Å². The van der Waals surface area contributed by atoms with Crippen LogP contribution in [0.4, 0.5) is 0 Å². The van der Waals surface area contributed by atoms with E-state index in [0.717, 1.165) is 14.4 Å². The molecule has 0 spiro atoms. The van der Waals surface area contributed by atoms with E-state index in [1.165, 1.54) is 112 Å². The van der Waals surface area contributed by atoms with Crippen LogP contribution in [-0.4, -0.2) is 18.3 Å². The van der Waals surface area contributed by atoms with Crippen molar-refractivity contribution >= 4 is 153 Å². The minimum absolute atomic E-state index is 0. The lowest BCUT2D eigenvalue weighted by Crippen LogP contribution is -2.41. The lowest BCUT2D eigenvalue weighted by Gasteiger charge is -2.32. The highest BCUT2D eigenvalue weighted by molar-refractivity contribution is 14.1. The molecule has 0 aliphatic carbocycles. The fourth-order valence-corrected chi connectivity index (χ4v) is 11.8. The Labute approximate surface area is 462 Å². The Kier molecular flexibility index (Phi) is 13.3. The monoisotopic (exact) mass is 1190 g/mol. The van der Waals surface area contributed by atoms with E-state index in [9.17, 15) is 0 Å². The van der Waals surface area contributed by atoms with Crippen molar-refractivity contribution < 1.29 is 9.31 Å². The molecule has 1 fully saturated rings. The molecule has 0 bridgehead atoms. The van der Waals surface area contributed by atoms with Crippen LogP contribution in [0.15, 0.2) is 179 Å². The van der Waals surface area contributed by atoms with Gasteiger partial charge in [-0.15, -0.1) is 0 Å². The Morgan fingerprint density at radius 2 is 0.781 bits per heavy atom. The molecule has 366 valence electrons. The van der Waals surface area contributed by atoms with Gasteiger partial charge in [0.2, 0.25) is 0 Å². The second-order valence-electron chi connectivity index (χ2n) is 22.8. The molecule has 0 atom stereocenters. The average molecular weight is 1200 g/mol. The van der Waals surface area contributed by atoms with Crippen molar-refractivity contribution in [3.63, 3.8) is 0 Å². The largest absolute Gasteiger partial charge is 0.495 e. The molecule has 1 heterocycles. The predicted octanol–water partition coefficient (Wildman–Crippen LogP) is 20.5. The summed E-state index contributed by atoms with van der Waals surface area (Å²) in [5, 5.41) is 20.9. The Morgan fingerprint density at radius 3 is 1.30 bits per heavy atom. The molecule has 13 rings (SSSR count). The second kappa shape index (κ2) is 18.9. The van der Waals surface area contributed by atoms with Crippen molar-refractivity contribution in [2.24, 2.45) is 0 Å². The van der Waals surface area contributed by atoms with Crippen LogP contribution in [0.5, 0.6) is 0 Å². The zero-order valence-corrected chi connectivity index (χ0v) is 48.0. The third kappa shape index (κ3) is 9.54. The van der Waals surface area contributed by atoms with Crippen LogP contribution >= 0.6 is 54.5 Å². The minimum Gasteiger partial charge on any atom is -0.399 e. The molecule has 12 aromatic carbocycles. The van der Waals surface area contributed by atoms with E-state index in [-0.39, 0.29) is 36.6 Å². The zero-order chi connectivity index (χ0) is 50.6. The maximum Gasteiger partial charge on any atom is 0.495 e. The van der Waals surface area contributed by atoms with Crippen molar-refractivity contribution in [2.45, 2.75) is 98.7 Å². The first-order valence-electron chi connectivity index (χ1n) is 25.0. The van der Waals surface area contributed by atoms with E-state index < -0.39 is 0 Å². The number of hydrogen-bond acceptors (Lipinski definition) is 2. The smallest absolute Gasteiger partial charge is 0.399 e. The molecule has 0 unspecified atom stereocenters. The predicted molar refractivity (Wildman–Crippen MR) is 335 cm³/mol. The molecule has 0 amide bonds. The topological polar surface area (TPSA) is 18.5 Å².